The number of hydrogen-bond donors (Lipinski definition) is 1. The van der Waals surface area contributed by atoms with Gasteiger partial charge in [-0.25, -0.2) is 4.68 Å². The number of rotatable bonds is 7. The largest absolute Gasteiger partial charge is 0.380 e. The van der Waals surface area contributed by atoms with Crippen LogP contribution in [0, 0.1) is 0 Å². The Kier molecular flexibility index (Phi) is 6.13. The quantitative estimate of drug-likeness (QED) is 0.750. The fourth-order valence-corrected chi connectivity index (χ4v) is 2.51. The number of likely N-dealkylation sites (N-methyl/N-ethyl adjacent to an activating group) is 1. The first kappa shape index (κ1) is 15.9. The van der Waals surface area contributed by atoms with E-state index in [1.54, 1.807) is 11.1 Å². The zero-order chi connectivity index (χ0) is 15.1. The molecule has 1 aliphatic heterocycles. The Balaban J connectivity index is 1.96. The number of carbonyl (C=O) groups is 1. The van der Waals surface area contributed by atoms with Gasteiger partial charge >= 0.3 is 0 Å². The van der Waals surface area contributed by atoms with E-state index in [0.29, 0.717) is 38.0 Å². The van der Waals surface area contributed by atoms with Crippen molar-refractivity contribution < 1.29 is 9.53 Å². The average Bonchev–Trinajstić information content (AvgIpc) is 3.02. The van der Waals surface area contributed by atoms with E-state index in [-0.39, 0.29) is 5.91 Å². The summed E-state index contributed by atoms with van der Waals surface area (Å²) < 4.78 is 7.15. The highest BCUT2D eigenvalue weighted by molar-refractivity contribution is 5.91. The lowest BCUT2D eigenvalue weighted by molar-refractivity contribution is 0.0663. The number of nitrogens with one attached hydrogen (secondary N) is 1. The fraction of sp³-hybridized carbons (Fsp3) is 0.786. The normalized spacial score (nSPS) is 16.1. The fourth-order valence-electron chi connectivity index (χ4n) is 2.51. The average molecular weight is 295 g/mol. The van der Waals surface area contributed by atoms with Gasteiger partial charge in [-0.2, -0.15) is 0 Å². The van der Waals surface area contributed by atoms with Crippen molar-refractivity contribution in [3.8, 4) is 0 Å². The van der Waals surface area contributed by atoms with Crippen LogP contribution in [0.15, 0.2) is 6.20 Å². The Morgan fingerprint density at radius 1 is 1.48 bits per heavy atom. The number of hydrogen-bond acceptors (Lipinski definition) is 5. The molecule has 0 saturated carbocycles. The summed E-state index contributed by atoms with van der Waals surface area (Å²) in [6.07, 6.45) is 3.83. The first-order valence-electron chi connectivity index (χ1n) is 7.75. The van der Waals surface area contributed by atoms with Gasteiger partial charge in [0.1, 0.15) is 0 Å². The van der Waals surface area contributed by atoms with E-state index in [2.05, 4.69) is 15.6 Å². The highest BCUT2D eigenvalue weighted by Gasteiger charge is 2.21. The van der Waals surface area contributed by atoms with Gasteiger partial charge in [-0.05, 0) is 39.8 Å². The second-order valence-corrected chi connectivity index (χ2v) is 5.15. The summed E-state index contributed by atoms with van der Waals surface area (Å²) in [4.78, 5) is 14.2. The molecule has 1 aromatic heterocycles. The molecule has 0 radical (unpaired) electrons. The van der Waals surface area contributed by atoms with Crippen LogP contribution in [0.5, 0.6) is 0 Å². The molecule has 0 aromatic carbocycles. The van der Waals surface area contributed by atoms with Gasteiger partial charge in [-0.1, -0.05) is 5.21 Å². The Bertz CT molecular complexity index is 442. The highest BCUT2D eigenvalue weighted by atomic mass is 16.5. The zero-order valence-electron chi connectivity index (χ0n) is 12.9. The van der Waals surface area contributed by atoms with Gasteiger partial charge in [0, 0.05) is 19.7 Å². The molecule has 7 nitrogen and oxygen atoms in total. The molecule has 21 heavy (non-hydrogen) atoms. The third-order valence-corrected chi connectivity index (χ3v) is 3.79. The maximum absolute atomic E-state index is 12.4. The first-order chi connectivity index (χ1) is 10.3. The second kappa shape index (κ2) is 8.09. The van der Waals surface area contributed by atoms with E-state index in [9.17, 15) is 4.79 Å². The molecule has 1 aromatic rings. The molecule has 1 amide bonds. The third-order valence-electron chi connectivity index (χ3n) is 3.79. The number of aromatic nitrogens is 3. The van der Waals surface area contributed by atoms with Crippen LogP contribution in [0.4, 0.5) is 0 Å². The van der Waals surface area contributed by atoms with Crippen LogP contribution < -0.4 is 5.32 Å². The molecule has 1 aliphatic rings. The molecule has 2 heterocycles. The van der Waals surface area contributed by atoms with Crippen LogP contribution >= 0.6 is 0 Å². The van der Waals surface area contributed by atoms with E-state index in [4.69, 9.17) is 4.74 Å². The molecule has 1 saturated heterocycles. The van der Waals surface area contributed by atoms with Crippen LogP contribution in [-0.2, 0) is 4.74 Å². The minimum atomic E-state index is -0.0719. The van der Waals surface area contributed by atoms with Crippen molar-refractivity contribution in [2.24, 2.45) is 0 Å². The van der Waals surface area contributed by atoms with Gasteiger partial charge in [0.05, 0.1) is 18.8 Å². The van der Waals surface area contributed by atoms with Gasteiger partial charge < -0.3 is 15.0 Å². The molecule has 118 valence electrons. The Hall–Kier alpha value is -1.47. The SMILES string of the molecule is CCOCCN(CC)C(=O)c1cn(C2CCNCC2)nn1. The lowest BCUT2D eigenvalue weighted by Crippen LogP contribution is -2.34. The maximum atomic E-state index is 12.4. The Morgan fingerprint density at radius 3 is 2.90 bits per heavy atom. The van der Waals surface area contributed by atoms with Gasteiger partial charge in [-0.3, -0.25) is 4.79 Å². The smallest absolute Gasteiger partial charge is 0.276 e. The number of carbonyl (C=O) groups excluding carboxylic acids is 1. The second-order valence-electron chi connectivity index (χ2n) is 5.15. The molecule has 0 spiro atoms. The molecule has 2 rings (SSSR count). The molecule has 0 unspecified atom stereocenters. The Labute approximate surface area is 125 Å². The van der Waals surface area contributed by atoms with Crippen LogP contribution in [0.3, 0.4) is 0 Å². The van der Waals surface area contributed by atoms with Gasteiger partial charge in [-0.15, -0.1) is 5.10 Å². The molecule has 1 N–H and O–H groups in total. The molecular formula is C14H25N5O2. The van der Waals surface area contributed by atoms with E-state index in [0.717, 1.165) is 25.9 Å². The molecule has 0 atom stereocenters. The topological polar surface area (TPSA) is 72.3 Å². The van der Waals surface area contributed by atoms with E-state index >= 15 is 0 Å². The number of amides is 1. The van der Waals surface area contributed by atoms with Gasteiger partial charge in [0.25, 0.3) is 5.91 Å². The van der Waals surface area contributed by atoms with Gasteiger partial charge in [0.2, 0.25) is 0 Å². The standard InChI is InChI=1S/C14H25N5O2/c1-3-18(9-10-21-4-2)14(20)13-11-19(17-16-13)12-5-7-15-8-6-12/h11-12,15H,3-10H2,1-2H3. The molecule has 1 fully saturated rings. The van der Waals surface area contributed by atoms with Crippen molar-refractivity contribution in [3.63, 3.8) is 0 Å². The predicted molar refractivity (Wildman–Crippen MR) is 79.2 cm³/mol. The summed E-state index contributed by atoms with van der Waals surface area (Å²) in [5.74, 6) is -0.0719. The monoisotopic (exact) mass is 295 g/mol. The molecule has 7 heteroatoms. The van der Waals surface area contributed by atoms with E-state index < -0.39 is 0 Å². The minimum Gasteiger partial charge on any atom is -0.380 e. The lowest BCUT2D eigenvalue weighted by atomic mass is 10.1. The Morgan fingerprint density at radius 2 is 2.24 bits per heavy atom. The summed E-state index contributed by atoms with van der Waals surface area (Å²) in [6, 6.07) is 0.346. The summed E-state index contributed by atoms with van der Waals surface area (Å²) in [5.41, 5.74) is 0.423. The summed E-state index contributed by atoms with van der Waals surface area (Å²) in [7, 11) is 0. The number of ether oxygens (including phenoxy) is 1. The zero-order valence-corrected chi connectivity index (χ0v) is 12.9. The third kappa shape index (κ3) is 4.25. The molecular weight excluding hydrogens is 270 g/mol. The number of piperidine rings is 1. The summed E-state index contributed by atoms with van der Waals surface area (Å²) in [5, 5.41) is 11.5. The maximum Gasteiger partial charge on any atom is 0.276 e. The molecule has 0 aliphatic carbocycles. The van der Waals surface area contributed by atoms with Crippen LogP contribution in [0.25, 0.3) is 0 Å². The van der Waals surface area contributed by atoms with Crippen molar-refractivity contribution in [1.29, 1.82) is 0 Å². The van der Waals surface area contributed by atoms with Crippen molar-refractivity contribution in [1.82, 2.24) is 25.2 Å². The summed E-state index contributed by atoms with van der Waals surface area (Å²) >= 11 is 0. The van der Waals surface area contributed by atoms with E-state index in [1.807, 2.05) is 18.5 Å². The minimum absolute atomic E-state index is 0.0719. The van der Waals surface area contributed by atoms with Crippen molar-refractivity contribution in [2.45, 2.75) is 32.7 Å². The van der Waals surface area contributed by atoms with Gasteiger partial charge in [0.15, 0.2) is 5.69 Å². The van der Waals surface area contributed by atoms with Crippen molar-refractivity contribution >= 4 is 5.91 Å². The van der Waals surface area contributed by atoms with Crippen LogP contribution in [0.2, 0.25) is 0 Å². The lowest BCUT2D eigenvalue weighted by Gasteiger charge is -2.22. The summed E-state index contributed by atoms with van der Waals surface area (Å²) in [6.45, 7) is 8.34. The predicted octanol–water partition coefficient (Wildman–Crippen LogP) is 0.701. The highest BCUT2D eigenvalue weighted by Crippen LogP contribution is 2.17. The first-order valence-corrected chi connectivity index (χ1v) is 7.75. The van der Waals surface area contributed by atoms with Crippen molar-refractivity contribution in [3.05, 3.63) is 11.9 Å². The molecule has 0 bridgehead atoms. The number of nitrogens with zero attached hydrogens (tertiary/aromatic N) is 4. The van der Waals surface area contributed by atoms with Crippen LogP contribution in [0.1, 0.15) is 43.2 Å². The van der Waals surface area contributed by atoms with E-state index in [1.165, 1.54) is 0 Å². The van der Waals surface area contributed by atoms with Crippen LogP contribution in [-0.4, -0.2) is 65.2 Å². The van der Waals surface area contributed by atoms with Crippen molar-refractivity contribution in [2.75, 3.05) is 39.4 Å².